The highest BCUT2D eigenvalue weighted by Gasteiger charge is 2.19. The van der Waals surface area contributed by atoms with Gasteiger partial charge in [0.1, 0.15) is 0 Å². The van der Waals surface area contributed by atoms with E-state index in [1.807, 2.05) is 0 Å². The highest BCUT2D eigenvalue weighted by molar-refractivity contribution is 14.2. The first kappa shape index (κ1) is 9.68. The predicted octanol–water partition coefficient (Wildman–Crippen LogP) is 1.58. The van der Waals surface area contributed by atoms with Gasteiger partial charge in [0.15, 0.2) is 0 Å². The van der Waals surface area contributed by atoms with Gasteiger partial charge >= 0.3 is 0 Å². The lowest BCUT2D eigenvalue weighted by molar-refractivity contribution is 0.339. The molecule has 1 atom stereocenters. The average Bonchev–Trinajstić information content (AvgIpc) is 2.05. The van der Waals surface area contributed by atoms with Crippen molar-refractivity contribution in [2.75, 3.05) is 13.1 Å². The minimum absolute atomic E-state index is 0.360. The lowest BCUT2D eigenvalue weighted by Gasteiger charge is -2.29. The van der Waals surface area contributed by atoms with Gasteiger partial charge in [-0.25, -0.2) is 0 Å². The van der Waals surface area contributed by atoms with Crippen molar-refractivity contribution in [1.29, 1.82) is 5.41 Å². The van der Waals surface area contributed by atoms with Gasteiger partial charge in [-0.3, -0.25) is 10.1 Å². The van der Waals surface area contributed by atoms with Crippen molar-refractivity contribution >= 4 is 34.3 Å². The zero-order valence-corrected chi connectivity index (χ0v) is 9.47. The topological polar surface area (TPSA) is 53.1 Å². The van der Waals surface area contributed by atoms with Gasteiger partial charge in [-0.2, -0.15) is 0 Å². The van der Waals surface area contributed by atoms with Gasteiger partial charge in [-0.15, -0.1) is 0 Å². The molecule has 11 heavy (non-hydrogen) atoms. The zero-order valence-electron chi connectivity index (χ0n) is 6.31. The number of nitrogens with one attached hydrogen (secondary N) is 1. The van der Waals surface area contributed by atoms with Crippen LogP contribution in [-0.4, -0.2) is 23.6 Å². The number of rotatable bonds is 2. The van der Waals surface area contributed by atoms with E-state index in [2.05, 4.69) is 26.7 Å². The van der Waals surface area contributed by atoms with Gasteiger partial charge in [0.25, 0.3) is 0 Å². The summed E-state index contributed by atoms with van der Waals surface area (Å²) in [5.41, 5.74) is 5.42. The molecule has 1 saturated heterocycles. The minimum atomic E-state index is 0.360. The number of amidine groups is 1. The summed E-state index contributed by atoms with van der Waals surface area (Å²) in [5, 5.41) is 7.27. The predicted molar refractivity (Wildman–Crippen MR) is 58.5 cm³/mol. The summed E-state index contributed by atoms with van der Waals surface area (Å²) in [5.74, 6) is 0.737. The number of halogens is 1. The van der Waals surface area contributed by atoms with Crippen LogP contribution in [0.25, 0.3) is 0 Å². The second-order valence-electron chi connectivity index (χ2n) is 2.80. The number of nitrogens with two attached hydrogens (primary N) is 1. The fourth-order valence-corrected chi connectivity index (χ4v) is 3.15. The monoisotopic (exact) mass is 285 g/mol. The van der Waals surface area contributed by atoms with Gasteiger partial charge < -0.3 is 5.73 Å². The summed E-state index contributed by atoms with van der Waals surface area (Å²) in [4.78, 5) is 0. The molecule has 0 aromatic rings. The Morgan fingerprint density at radius 1 is 1.55 bits per heavy atom. The van der Waals surface area contributed by atoms with Crippen molar-refractivity contribution in [2.24, 2.45) is 11.7 Å². The van der Waals surface area contributed by atoms with Gasteiger partial charge in [0, 0.05) is 25.4 Å². The van der Waals surface area contributed by atoms with Gasteiger partial charge in [0.05, 0.1) is 5.84 Å². The van der Waals surface area contributed by atoms with E-state index < -0.39 is 0 Å². The normalized spacial score (nSPS) is 23.0. The minimum Gasteiger partial charge on any atom is -0.387 e. The molecule has 3 N–H and O–H groups in total. The standard InChI is InChI=1S/C6H13IN3P/c7-11-10-3-1-5(2-4-10)6(8)9/h5,11H,1-4H2,(H3,8,9). The molecular weight excluding hydrogens is 272 g/mol. The van der Waals surface area contributed by atoms with E-state index in [0.717, 1.165) is 32.3 Å². The van der Waals surface area contributed by atoms with Crippen molar-refractivity contribution < 1.29 is 0 Å². The number of hydrogen-bond acceptors (Lipinski definition) is 2. The van der Waals surface area contributed by atoms with E-state index in [9.17, 15) is 0 Å². The van der Waals surface area contributed by atoms with Crippen molar-refractivity contribution in [3.8, 4) is 0 Å². The Morgan fingerprint density at radius 3 is 2.45 bits per heavy atom. The highest BCUT2D eigenvalue weighted by atomic mass is 127. The number of hydrogen-bond donors (Lipinski definition) is 2. The summed E-state index contributed by atoms with van der Waals surface area (Å²) >= 11 is 2.40. The van der Waals surface area contributed by atoms with Crippen LogP contribution in [0.5, 0.6) is 0 Å². The lowest BCUT2D eigenvalue weighted by atomic mass is 9.97. The highest BCUT2D eigenvalue weighted by Crippen LogP contribution is 2.31. The Bertz CT molecular complexity index is 145. The SMILES string of the molecule is N=C(N)C1CCN(PI)CC1. The summed E-state index contributed by atoms with van der Waals surface area (Å²) in [6, 6.07) is 0. The molecule has 0 spiro atoms. The summed E-state index contributed by atoms with van der Waals surface area (Å²) in [6.45, 7) is 2.23. The summed E-state index contributed by atoms with van der Waals surface area (Å²) < 4.78 is 2.42. The van der Waals surface area contributed by atoms with Crippen LogP contribution in [0, 0.1) is 11.3 Å². The Kier molecular flexibility index (Phi) is 4.02. The van der Waals surface area contributed by atoms with Crippen LogP contribution in [0.4, 0.5) is 0 Å². The van der Waals surface area contributed by atoms with E-state index in [0.29, 0.717) is 11.8 Å². The van der Waals surface area contributed by atoms with Crippen LogP contribution in [-0.2, 0) is 0 Å². The van der Waals surface area contributed by atoms with Crippen molar-refractivity contribution in [1.82, 2.24) is 4.67 Å². The second kappa shape index (κ2) is 4.58. The van der Waals surface area contributed by atoms with Crippen LogP contribution in [0.3, 0.4) is 0 Å². The molecule has 1 aliphatic rings. The molecular formula is C6H13IN3P. The molecule has 0 bridgehead atoms. The summed E-state index contributed by atoms with van der Waals surface area (Å²) in [6.07, 6.45) is 3.03. The number of piperidine rings is 1. The molecule has 5 heteroatoms. The maximum atomic E-state index is 7.27. The first-order valence-electron chi connectivity index (χ1n) is 3.69. The smallest absolute Gasteiger partial charge is 0.0937 e. The molecule has 64 valence electrons. The second-order valence-corrected chi connectivity index (χ2v) is 5.05. The van der Waals surface area contributed by atoms with E-state index in [4.69, 9.17) is 11.1 Å². The van der Waals surface area contributed by atoms with Gasteiger partial charge in [0.2, 0.25) is 0 Å². The molecule has 0 radical (unpaired) electrons. The number of nitrogens with zero attached hydrogens (tertiary/aromatic N) is 1. The van der Waals surface area contributed by atoms with Crippen molar-refractivity contribution in [3.63, 3.8) is 0 Å². The molecule has 0 saturated carbocycles. The fourth-order valence-electron chi connectivity index (χ4n) is 1.28. The third-order valence-corrected chi connectivity index (χ3v) is 4.79. The van der Waals surface area contributed by atoms with E-state index in [1.165, 1.54) is 0 Å². The molecule has 0 aromatic carbocycles. The van der Waals surface area contributed by atoms with E-state index >= 15 is 0 Å². The fraction of sp³-hybridized carbons (Fsp3) is 0.833. The molecule has 0 aliphatic carbocycles. The molecule has 1 aliphatic heterocycles. The molecule has 1 rings (SSSR count). The molecule has 3 nitrogen and oxygen atoms in total. The van der Waals surface area contributed by atoms with Crippen molar-refractivity contribution in [2.45, 2.75) is 12.8 Å². The first-order valence-corrected chi connectivity index (χ1v) is 7.75. The summed E-state index contributed by atoms with van der Waals surface area (Å²) in [7, 11) is 0. The Balaban J connectivity index is 2.30. The lowest BCUT2D eigenvalue weighted by Crippen LogP contribution is -2.33. The average molecular weight is 285 g/mol. The molecule has 1 unspecified atom stereocenters. The Hall–Kier alpha value is 0.590. The van der Waals surface area contributed by atoms with E-state index in [1.54, 1.807) is 0 Å². The maximum Gasteiger partial charge on any atom is 0.0937 e. The first-order chi connectivity index (χ1) is 5.24. The van der Waals surface area contributed by atoms with Crippen molar-refractivity contribution in [3.05, 3.63) is 0 Å². The third kappa shape index (κ3) is 2.84. The van der Waals surface area contributed by atoms with Gasteiger partial charge in [-0.1, -0.05) is 0 Å². The Morgan fingerprint density at radius 2 is 2.09 bits per heavy atom. The third-order valence-electron chi connectivity index (χ3n) is 2.05. The molecule has 1 heterocycles. The van der Waals surface area contributed by atoms with Gasteiger partial charge in [-0.05, 0) is 34.9 Å². The maximum absolute atomic E-state index is 7.27. The van der Waals surface area contributed by atoms with Crippen LogP contribution >= 0.6 is 28.4 Å². The quantitative estimate of drug-likeness (QED) is 0.350. The van der Waals surface area contributed by atoms with E-state index in [-0.39, 0.29) is 0 Å². The molecule has 0 aromatic heterocycles. The molecule has 0 amide bonds. The van der Waals surface area contributed by atoms with Crippen LogP contribution < -0.4 is 5.73 Å². The zero-order chi connectivity index (χ0) is 8.27. The molecule has 1 fully saturated rings. The Labute approximate surface area is 81.9 Å². The van der Waals surface area contributed by atoms with Crippen LogP contribution in [0.2, 0.25) is 0 Å². The van der Waals surface area contributed by atoms with Crippen LogP contribution in [0.1, 0.15) is 12.8 Å². The largest absolute Gasteiger partial charge is 0.387 e. The van der Waals surface area contributed by atoms with Crippen LogP contribution in [0.15, 0.2) is 0 Å².